The Bertz CT molecular complexity index is 911. The Labute approximate surface area is 186 Å². The lowest BCUT2D eigenvalue weighted by atomic mass is 9.83. The van der Waals surface area contributed by atoms with E-state index in [2.05, 4.69) is 93.2 Å². The van der Waals surface area contributed by atoms with Crippen molar-refractivity contribution < 1.29 is 0 Å². The van der Waals surface area contributed by atoms with Crippen LogP contribution in [0.15, 0.2) is 60.1 Å². The lowest BCUT2D eigenvalue weighted by Gasteiger charge is -2.22. The van der Waals surface area contributed by atoms with Crippen LogP contribution < -0.4 is 0 Å². The Balaban J connectivity index is 0.00000204. The van der Waals surface area contributed by atoms with Gasteiger partial charge in [-0.05, 0) is 84.2 Å². The number of allylic oxidation sites excluding steroid dienone is 4. The average Bonchev–Trinajstić information content (AvgIpc) is 2.73. The molecule has 0 amide bonds. The predicted molar refractivity (Wildman–Crippen MR) is 138 cm³/mol. The SMILES string of the molecule is C=C/C=C\c1c(C)ccc(CC)c1-c1c(C)cc(Br)c(C/C=C\C)c1C=C.CC. The van der Waals surface area contributed by atoms with Gasteiger partial charge in [0, 0.05) is 4.47 Å². The molecule has 0 atom stereocenters. The van der Waals surface area contributed by atoms with E-state index in [1.807, 2.05) is 32.1 Å². The van der Waals surface area contributed by atoms with Crippen molar-refractivity contribution in [1.29, 1.82) is 0 Å². The molecular weight excluding hydrogens is 416 g/mol. The molecule has 1 heteroatoms. The highest BCUT2D eigenvalue weighted by atomic mass is 79.9. The number of hydrogen-bond acceptors (Lipinski definition) is 0. The molecule has 0 aliphatic rings. The second-order valence-corrected chi connectivity index (χ2v) is 7.55. The van der Waals surface area contributed by atoms with Crippen molar-refractivity contribution in [2.24, 2.45) is 0 Å². The normalized spacial score (nSPS) is 10.9. The molecule has 2 aromatic rings. The van der Waals surface area contributed by atoms with Gasteiger partial charge in [0.05, 0.1) is 0 Å². The molecule has 0 aliphatic heterocycles. The molecule has 0 saturated heterocycles. The molecule has 154 valence electrons. The third-order valence-electron chi connectivity index (χ3n) is 4.96. The molecule has 0 aliphatic carbocycles. The zero-order chi connectivity index (χ0) is 22.0. The van der Waals surface area contributed by atoms with Crippen LogP contribution >= 0.6 is 15.9 Å². The van der Waals surface area contributed by atoms with Gasteiger partial charge in [-0.2, -0.15) is 0 Å². The van der Waals surface area contributed by atoms with Gasteiger partial charge in [-0.1, -0.05) is 98.4 Å². The van der Waals surface area contributed by atoms with E-state index in [1.54, 1.807) is 0 Å². The van der Waals surface area contributed by atoms with E-state index < -0.39 is 0 Å². The first-order valence-corrected chi connectivity index (χ1v) is 11.3. The molecule has 0 nitrogen and oxygen atoms in total. The highest BCUT2D eigenvalue weighted by Crippen LogP contribution is 2.40. The van der Waals surface area contributed by atoms with Gasteiger partial charge in [0.1, 0.15) is 0 Å². The van der Waals surface area contributed by atoms with Gasteiger partial charge in [-0.25, -0.2) is 0 Å². The summed E-state index contributed by atoms with van der Waals surface area (Å²) in [6.45, 7) is 20.6. The Morgan fingerprint density at radius 1 is 1.00 bits per heavy atom. The minimum atomic E-state index is 0.886. The summed E-state index contributed by atoms with van der Waals surface area (Å²) in [5.41, 5.74) is 10.3. The van der Waals surface area contributed by atoms with Crippen LogP contribution in [0.4, 0.5) is 0 Å². The molecule has 0 aromatic heterocycles. The third-order valence-corrected chi connectivity index (χ3v) is 5.67. The molecule has 0 heterocycles. The topological polar surface area (TPSA) is 0 Å². The largest absolute Gasteiger partial charge is 0.0991 e. The highest BCUT2D eigenvalue weighted by molar-refractivity contribution is 9.10. The Hall–Kier alpha value is -2.12. The Kier molecular flexibility index (Phi) is 10.7. The van der Waals surface area contributed by atoms with Crippen molar-refractivity contribution in [2.45, 2.75) is 54.4 Å². The first-order valence-electron chi connectivity index (χ1n) is 10.5. The van der Waals surface area contributed by atoms with Crippen molar-refractivity contribution in [3.05, 3.63) is 93.5 Å². The van der Waals surface area contributed by atoms with E-state index in [0.29, 0.717) is 0 Å². The van der Waals surface area contributed by atoms with Gasteiger partial charge in [0.15, 0.2) is 0 Å². The van der Waals surface area contributed by atoms with Crippen LogP contribution in [-0.4, -0.2) is 0 Å². The van der Waals surface area contributed by atoms with Crippen LogP contribution in [0.1, 0.15) is 61.1 Å². The maximum Gasteiger partial charge on any atom is 0.0219 e. The molecule has 2 rings (SSSR count). The zero-order valence-electron chi connectivity index (χ0n) is 18.9. The van der Waals surface area contributed by atoms with Crippen LogP contribution in [0.2, 0.25) is 0 Å². The van der Waals surface area contributed by atoms with Gasteiger partial charge in [0.25, 0.3) is 0 Å². The highest BCUT2D eigenvalue weighted by Gasteiger charge is 2.19. The van der Waals surface area contributed by atoms with E-state index in [0.717, 1.165) is 17.3 Å². The summed E-state index contributed by atoms with van der Waals surface area (Å²) in [7, 11) is 0. The summed E-state index contributed by atoms with van der Waals surface area (Å²) >= 11 is 3.78. The monoisotopic (exact) mass is 450 g/mol. The first-order chi connectivity index (χ1) is 14.0. The van der Waals surface area contributed by atoms with E-state index in [1.165, 1.54) is 44.5 Å². The van der Waals surface area contributed by atoms with Crippen molar-refractivity contribution in [3.63, 3.8) is 0 Å². The molecule has 0 bridgehead atoms. The maximum absolute atomic E-state index is 4.16. The summed E-state index contributed by atoms with van der Waals surface area (Å²) in [5, 5.41) is 0. The van der Waals surface area contributed by atoms with E-state index >= 15 is 0 Å². The number of halogens is 1. The minimum absolute atomic E-state index is 0.886. The van der Waals surface area contributed by atoms with Crippen molar-refractivity contribution in [1.82, 2.24) is 0 Å². The molecule has 0 fully saturated rings. The van der Waals surface area contributed by atoms with Gasteiger partial charge in [-0.15, -0.1) is 0 Å². The summed E-state index contributed by atoms with van der Waals surface area (Å²) in [4.78, 5) is 0. The maximum atomic E-state index is 4.16. The summed E-state index contributed by atoms with van der Waals surface area (Å²) in [5.74, 6) is 0. The van der Waals surface area contributed by atoms with E-state index in [4.69, 9.17) is 0 Å². The van der Waals surface area contributed by atoms with Gasteiger partial charge < -0.3 is 0 Å². The fourth-order valence-electron chi connectivity index (χ4n) is 3.58. The van der Waals surface area contributed by atoms with Crippen LogP contribution in [0.5, 0.6) is 0 Å². The number of benzene rings is 2. The first kappa shape index (κ1) is 24.9. The molecule has 0 spiro atoms. The summed E-state index contributed by atoms with van der Waals surface area (Å²) < 4.78 is 1.14. The molecule has 0 radical (unpaired) electrons. The predicted octanol–water partition coefficient (Wildman–Crippen LogP) is 9.28. The summed E-state index contributed by atoms with van der Waals surface area (Å²) in [6, 6.07) is 6.72. The van der Waals surface area contributed by atoms with Gasteiger partial charge in [0.2, 0.25) is 0 Å². The quantitative estimate of drug-likeness (QED) is 0.291. The fraction of sp³-hybridized carbons (Fsp3) is 0.286. The number of aryl methyl sites for hydroxylation is 3. The fourth-order valence-corrected chi connectivity index (χ4v) is 4.30. The van der Waals surface area contributed by atoms with E-state index in [-0.39, 0.29) is 0 Å². The van der Waals surface area contributed by atoms with Crippen LogP contribution in [-0.2, 0) is 12.8 Å². The molecule has 0 saturated carbocycles. The van der Waals surface area contributed by atoms with Crippen LogP contribution in [0.3, 0.4) is 0 Å². The lowest BCUT2D eigenvalue weighted by molar-refractivity contribution is 1.13. The minimum Gasteiger partial charge on any atom is -0.0991 e. The Morgan fingerprint density at radius 2 is 1.69 bits per heavy atom. The number of hydrogen-bond donors (Lipinski definition) is 0. The van der Waals surface area contributed by atoms with Gasteiger partial charge in [-0.3, -0.25) is 0 Å². The molecule has 29 heavy (non-hydrogen) atoms. The summed E-state index contributed by atoms with van der Waals surface area (Å²) in [6.07, 6.45) is 14.2. The van der Waals surface area contributed by atoms with Crippen LogP contribution in [0, 0.1) is 13.8 Å². The molecule has 0 N–H and O–H groups in total. The second kappa shape index (κ2) is 12.4. The molecule has 2 aromatic carbocycles. The average molecular weight is 451 g/mol. The standard InChI is InChI=1S/C26H29Br.C2H6/c1-7-11-13-22-18(5)15-16-20(9-3)26(22)25-19(6)17-24(27)23(14-12-8-2)21(25)10-4;1-2/h7-8,10-13,15-17H,1,4,9,14H2,2-3,5-6H3;1-2H3/b12-8-,13-11-;. The smallest absolute Gasteiger partial charge is 0.0219 e. The number of rotatable bonds is 7. The zero-order valence-corrected chi connectivity index (χ0v) is 20.5. The van der Waals surface area contributed by atoms with Crippen molar-refractivity contribution in [3.8, 4) is 11.1 Å². The second-order valence-electron chi connectivity index (χ2n) is 6.70. The Morgan fingerprint density at radius 3 is 2.24 bits per heavy atom. The van der Waals surface area contributed by atoms with E-state index in [9.17, 15) is 0 Å². The van der Waals surface area contributed by atoms with Gasteiger partial charge >= 0.3 is 0 Å². The molecular formula is C28H35Br. The third kappa shape index (κ3) is 5.70. The van der Waals surface area contributed by atoms with Crippen LogP contribution in [0.25, 0.3) is 23.3 Å². The lowest BCUT2D eigenvalue weighted by Crippen LogP contribution is -2.02. The van der Waals surface area contributed by atoms with Crippen molar-refractivity contribution >= 4 is 28.1 Å². The van der Waals surface area contributed by atoms with Crippen molar-refractivity contribution in [2.75, 3.05) is 0 Å². The molecule has 0 unspecified atom stereocenters.